The minimum Gasteiger partial charge on any atom is -0.336 e. The molecule has 3 nitrogen and oxygen atoms in total. The molecule has 0 atom stereocenters. The highest BCUT2D eigenvalue weighted by Gasteiger charge is 2.25. The maximum Gasteiger partial charge on any atom is 0.246 e. The first-order valence-electron chi connectivity index (χ1n) is 5.45. The van der Waals surface area contributed by atoms with Gasteiger partial charge in [-0.15, -0.1) is 0 Å². The normalized spacial score (nSPS) is 16.5. The van der Waals surface area contributed by atoms with Crippen molar-refractivity contribution in [2.75, 3.05) is 13.1 Å². The van der Waals surface area contributed by atoms with E-state index in [2.05, 4.69) is 0 Å². The van der Waals surface area contributed by atoms with Gasteiger partial charge in [-0.1, -0.05) is 24.3 Å². The minimum absolute atomic E-state index is 0.0463. The molecule has 1 aliphatic rings. The van der Waals surface area contributed by atoms with E-state index in [0.717, 1.165) is 5.56 Å². The van der Waals surface area contributed by atoms with E-state index in [0.29, 0.717) is 13.1 Å². The van der Waals surface area contributed by atoms with Gasteiger partial charge in [-0.2, -0.15) is 0 Å². The smallest absolute Gasteiger partial charge is 0.246 e. The second-order valence-electron chi connectivity index (χ2n) is 4.19. The Hall–Kier alpha value is -1.61. The van der Waals surface area contributed by atoms with Gasteiger partial charge >= 0.3 is 0 Å². The first-order valence-corrected chi connectivity index (χ1v) is 5.45. The molecule has 0 radical (unpaired) electrons. The van der Waals surface area contributed by atoms with Gasteiger partial charge in [0.25, 0.3) is 0 Å². The Bertz CT molecular complexity index is 420. The first kappa shape index (κ1) is 10.9. The molecule has 1 aromatic rings. The van der Waals surface area contributed by atoms with E-state index >= 15 is 0 Å². The third-order valence-electron chi connectivity index (χ3n) is 2.82. The van der Waals surface area contributed by atoms with E-state index in [4.69, 9.17) is 5.73 Å². The summed E-state index contributed by atoms with van der Waals surface area (Å²) in [6.07, 6.45) is 3.48. The van der Waals surface area contributed by atoms with Crippen molar-refractivity contribution in [3.05, 3.63) is 41.5 Å². The molecule has 1 amide bonds. The zero-order chi connectivity index (χ0) is 11.5. The van der Waals surface area contributed by atoms with E-state index in [1.165, 1.54) is 5.56 Å². The lowest BCUT2D eigenvalue weighted by Gasteiger charge is -2.36. The predicted octanol–water partition coefficient (Wildman–Crippen LogP) is 1.18. The number of likely N-dealkylation sites (tertiary alicyclic amines) is 1. The van der Waals surface area contributed by atoms with E-state index in [9.17, 15) is 4.79 Å². The molecule has 1 aromatic carbocycles. The molecule has 1 heterocycles. The number of benzene rings is 1. The second-order valence-corrected chi connectivity index (χ2v) is 4.19. The molecule has 0 saturated carbocycles. The largest absolute Gasteiger partial charge is 0.336 e. The molecule has 1 fully saturated rings. The molecule has 84 valence electrons. The van der Waals surface area contributed by atoms with Crippen LogP contribution in [0.2, 0.25) is 0 Å². The number of carbonyl (C=O) groups is 1. The van der Waals surface area contributed by atoms with Gasteiger partial charge in [-0.3, -0.25) is 4.79 Å². The highest BCUT2D eigenvalue weighted by Crippen LogP contribution is 2.11. The summed E-state index contributed by atoms with van der Waals surface area (Å²) in [5.41, 5.74) is 7.88. The van der Waals surface area contributed by atoms with Crippen LogP contribution in [-0.2, 0) is 4.79 Å². The third kappa shape index (κ3) is 2.31. The number of hydrogen-bond donors (Lipinski definition) is 1. The van der Waals surface area contributed by atoms with Gasteiger partial charge in [0.05, 0.1) is 0 Å². The minimum atomic E-state index is 0.0463. The summed E-state index contributed by atoms with van der Waals surface area (Å²) >= 11 is 0. The lowest BCUT2D eigenvalue weighted by Crippen LogP contribution is -2.57. The average molecular weight is 216 g/mol. The molecule has 2 N–H and O–H groups in total. The Morgan fingerprint density at radius 1 is 1.44 bits per heavy atom. The van der Waals surface area contributed by atoms with Gasteiger partial charge in [-0.05, 0) is 24.1 Å². The van der Waals surface area contributed by atoms with Gasteiger partial charge in [0.1, 0.15) is 0 Å². The van der Waals surface area contributed by atoms with E-state index in [1.54, 1.807) is 11.0 Å². The Labute approximate surface area is 95.6 Å². The standard InChI is InChI=1S/C13H16N2O/c1-10-4-2-3-5-11(10)6-7-13(16)15-8-12(14)9-15/h2-7,12H,8-9,14H2,1H3/b7-6+. The van der Waals surface area contributed by atoms with Crippen molar-refractivity contribution in [1.29, 1.82) is 0 Å². The summed E-state index contributed by atoms with van der Waals surface area (Å²) < 4.78 is 0. The van der Waals surface area contributed by atoms with Gasteiger partial charge in [0.15, 0.2) is 0 Å². The van der Waals surface area contributed by atoms with Crippen LogP contribution in [0.4, 0.5) is 0 Å². The van der Waals surface area contributed by atoms with Crippen LogP contribution in [0.15, 0.2) is 30.3 Å². The fraction of sp³-hybridized carbons (Fsp3) is 0.308. The Morgan fingerprint density at radius 2 is 2.12 bits per heavy atom. The number of amides is 1. The van der Waals surface area contributed by atoms with Crippen molar-refractivity contribution < 1.29 is 4.79 Å². The van der Waals surface area contributed by atoms with Crippen LogP contribution >= 0.6 is 0 Å². The summed E-state index contributed by atoms with van der Waals surface area (Å²) in [5.74, 6) is 0.0463. The van der Waals surface area contributed by atoms with Crippen LogP contribution < -0.4 is 5.73 Å². The van der Waals surface area contributed by atoms with Crippen molar-refractivity contribution >= 4 is 12.0 Å². The molecule has 0 aliphatic carbocycles. The molecule has 0 spiro atoms. The lowest BCUT2D eigenvalue weighted by molar-refractivity contribution is -0.130. The van der Waals surface area contributed by atoms with Gasteiger partial charge in [-0.25, -0.2) is 0 Å². The number of aryl methyl sites for hydroxylation is 1. The number of hydrogen-bond acceptors (Lipinski definition) is 2. The number of nitrogens with zero attached hydrogens (tertiary/aromatic N) is 1. The molecule has 0 aromatic heterocycles. The number of carbonyl (C=O) groups excluding carboxylic acids is 1. The quantitative estimate of drug-likeness (QED) is 0.754. The Kier molecular flexibility index (Phi) is 3.06. The van der Waals surface area contributed by atoms with Crippen LogP contribution in [0.3, 0.4) is 0 Å². The molecular formula is C13H16N2O. The Balaban J connectivity index is 1.99. The van der Waals surface area contributed by atoms with Gasteiger partial charge in [0.2, 0.25) is 5.91 Å². The molecule has 1 saturated heterocycles. The van der Waals surface area contributed by atoms with Crippen LogP contribution in [0.1, 0.15) is 11.1 Å². The Morgan fingerprint density at radius 3 is 2.75 bits per heavy atom. The summed E-state index contributed by atoms with van der Waals surface area (Å²) in [5, 5.41) is 0. The fourth-order valence-corrected chi connectivity index (χ4v) is 1.73. The summed E-state index contributed by atoms with van der Waals surface area (Å²) in [6, 6.07) is 8.15. The number of rotatable bonds is 2. The van der Waals surface area contributed by atoms with E-state index < -0.39 is 0 Å². The van der Waals surface area contributed by atoms with Gasteiger partial charge < -0.3 is 10.6 Å². The topological polar surface area (TPSA) is 46.3 Å². The maximum atomic E-state index is 11.6. The highest BCUT2D eigenvalue weighted by molar-refractivity contribution is 5.92. The van der Waals surface area contributed by atoms with Gasteiger partial charge in [0, 0.05) is 25.2 Å². The van der Waals surface area contributed by atoms with E-state index in [-0.39, 0.29) is 11.9 Å². The van der Waals surface area contributed by atoms with Crippen LogP contribution in [0.5, 0.6) is 0 Å². The molecule has 0 bridgehead atoms. The molecule has 1 aliphatic heterocycles. The van der Waals surface area contributed by atoms with Crippen LogP contribution in [0, 0.1) is 6.92 Å². The van der Waals surface area contributed by atoms with Crippen LogP contribution in [-0.4, -0.2) is 29.9 Å². The van der Waals surface area contributed by atoms with Crippen molar-refractivity contribution in [2.45, 2.75) is 13.0 Å². The summed E-state index contributed by atoms with van der Waals surface area (Å²) in [7, 11) is 0. The van der Waals surface area contributed by atoms with Crippen molar-refractivity contribution in [2.24, 2.45) is 5.73 Å². The highest BCUT2D eigenvalue weighted by atomic mass is 16.2. The average Bonchev–Trinajstić information content (AvgIpc) is 2.23. The molecular weight excluding hydrogens is 200 g/mol. The second kappa shape index (κ2) is 4.49. The predicted molar refractivity (Wildman–Crippen MR) is 64.8 cm³/mol. The van der Waals surface area contributed by atoms with E-state index in [1.807, 2.05) is 37.3 Å². The van der Waals surface area contributed by atoms with Crippen molar-refractivity contribution in [3.63, 3.8) is 0 Å². The van der Waals surface area contributed by atoms with Crippen molar-refractivity contribution in [3.8, 4) is 0 Å². The zero-order valence-electron chi connectivity index (χ0n) is 9.39. The third-order valence-corrected chi connectivity index (χ3v) is 2.82. The molecule has 3 heteroatoms. The molecule has 0 unspecified atom stereocenters. The SMILES string of the molecule is Cc1ccccc1/C=C/C(=O)N1CC(N)C1. The molecule has 2 rings (SSSR count). The lowest BCUT2D eigenvalue weighted by atomic mass is 10.1. The zero-order valence-corrected chi connectivity index (χ0v) is 9.39. The summed E-state index contributed by atoms with van der Waals surface area (Å²) in [4.78, 5) is 13.4. The van der Waals surface area contributed by atoms with Crippen molar-refractivity contribution in [1.82, 2.24) is 4.90 Å². The maximum absolute atomic E-state index is 11.6. The first-order chi connectivity index (χ1) is 7.66. The monoisotopic (exact) mass is 216 g/mol. The summed E-state index contributed by atoms with van der Waals surface area (Å²) in [6.45, 7) is 3.39. The number of nitrogens with two attached hydrogens (primary N) is 1. The van der Waals surface area contributed by atoms with Crippen LogP contribution in [0.25, 0.3) is 6.08 Å². The fourth-order valence-electron chi connectivity index (χ4n) is 1.73. The molecule has 16 heavy (non-hydrogen) atoms.